The van der Waals surface area contributed by atoms with E-state index in [-0.39, 0.29) is 5.75 Å². The number of aromatic nitrogens is 1. The molecule has 0 aliphatic heterocycles. The van der Waals surface area contributed by atoms with Gasteiger partial charge in [0, 0.05) is 18.9 Å². The Morgan fingerprint density at radius 3 is 2.41 bits per heavy atom. The first-order chi connectivity index (χ1) is 7.63. The van der Waals surface area contributed by atoms with Gasteiger partial charge in [-0.15, -0.1) is 0 Å². The van der Waals surface area contributed by atoms with Crippen LogP contribution in [0.25, 0.3) is 0 Å². The maximum Gasteiger partial charge on any atom is 0.156 e. The van der Waals surface area contributed by atoms with Gasteiger partial charge in [-0.1, -0.05) is 0 Å². The highest BCUT2D eigenvalue weighted by molar-refractivity contribution is 7.92. The van der Waals surface area contributed by atoms with Crippen molar-refractivity contribution in [1.82, 2.24) is 4.57 Å². The highest BCUT2D eigenvalue weighted by Gasteiger charge is 2.28. The van der Waals surface area contributed by atoms with Gasteiger partial charge in [0.2, 0.25) is 0 Å². The molecular weight excluding hydrogens is 238 g/mol. The summed E-state index contributed by atoms with van der Waals surface area (Å²) in [6, 6.07) is 1.80. The van der Waals surface area contributed by atoms with E-state index in [0.29, 0.717) is 6.54 Å². The molecule has 0 amide bonds. The second kappa shape index (κ2) is 4.82. The Morgan fingerprint density at radius 2 is 2.00 bits per heavy atom. The molecular formula is C12H21NO3S. The molecule has 0 aliphatic carbocycles. The van der Waals surface area contributed by atoms with Crippen molar-refractivity contribution >= 4 is 9.84 Å². The van der Waals surface area contributed by atoms with Crippen molar-refractivity contribution in [2.24, 2.45) is 0 Å². The van der Waals surface area contributed by atoms with Gasteiger partial charge >= 0.3 is 0 Å². The van der Waals surface area contributed by atoms with Crippen molar-refractivity contribution in [3.05, 3.63) is 24.0 Å². The van der Waals surface area contributed by atoms with Crippen molar-refractivity contribution in [1.29, 1.82) is 0 Å². The Kier molecular flexibility index (Phi) is 4.04. The summed E-state index contributed by atoms with van der Waals surface area (Å²) in [5.41, 5.74) is 0.804. The standard InChI is InChI=1S/C12H21NO3S/c1-10(14)11-5-6-13(9-11)7-8-17(15,16)12(2,3)4/h5-6,9-10,14H,7-8H2,1-4H3. The molecule has 1 aromatic rings. The summed E-state index contributed by atoms with van der Waals surface area (Å²) >= 11 is 0. The lowest BCUT2D eigenvalue weighted by atomic mass is 10.2. The van der Waals surface area contributed by atoms with Crippen LogP contribution in [0.1, 0.15) is 39.4 Å². The first kappa shape index (κ1) is 14.3. The summed E-state index contributed by atoms with van der Waals surface area (Å²) in [7, 11) is -3.09. The molecule has 1 atom stereocenters. The largest absolute Gasteiger partial charge is 0.389 e. The lowest BCUT2D eigenvalue weighted by Crippen LogP contribution is -2.31. The van der Waals surface area contributed by atoms with E-state index in [0.717, 1.165) is 5.56 Å². The van der Waals surface area contributed by atoms with E-state index in [2.05, 4.69) is 0 Å². The monoisotopic (exact) mass is 259 g/mol. The fourth-order valence-electron chi connectivity index (χ4n) is 1.38. The summed E-state index contributed by atoms with van der Waals surface area (Å²) in [6.45, 7) is 7.23. The molecule has 0 bridgehead atoms. The maximum atomic E-state index is 11.9. The Labute approximate surface area is 103 Å². The van der Waals surface area contributed by atoms with Crippen LogP contribution in [0.3, 0.4) is 0 Å². The van der Waals surface area contributed by atoms with Gasteiger partial charge in [-0.3, -0.25) is 0 Å². The van der Waals surface area contributed by atoms with Crippen LogP contribution in [0.2, 0.25) is 0 Å². The van der Waals surface area contributed by atoms with Gasteiger partial charge in [-0.25, -0.2) is 8.42 Å². The van der Waals surface area contributed by atoms with Crippen molar-refractivity contribution in [2.75, 3.05) is 5.75 Å². The van der Waals surface area contributed by atoms with Gasteiger partial charge in [0.05, 0.1) is 16.6 Å². The number of rotatable bonds is 4. The molecule has 98 valence electrons. The molecule has 0 spiro atoms. The van der Waals surface area contributed by atoms with Crippen LogP contribution >= 0.6 is 0 Å². The molecule has 1 N–H and O–H groups in total. The molecule has 4 nitrogen and oxygen atoms in total. The maximum absolute atomic E-state index is 11.9. The van der Waals surface area contributed by atoms with Gasteiger partial charge in [-0.05, 0) is 39.3 Å². The minimum Gasteiger partial charge on any atom is -0.389 e. The van der Waals surface area contributed by atoms with Crippen LogP contribution in [0.15, 0.2) is 18.5 Å². The zero-order chi connectivity index (χ0) is 13.3. The molecule has 1 aromatic heterocycles. The van der Waals surface area contributed by atoms with Crippen molar-refractivity contribution in [2.45, 2.75) is 45.1 Å². The van der Waals surface area contributed by atoms with Crippen LogP contribution in [-0.4, -0.2) is 28.6 Å². The van der Waals surface area contributed by atoms with E-state index in [4.69, 9.17) is 0 Å². The Hall–Kier alpha value is -0.810. The lowest BCUT2D eigenvalue weighted by molar-refractivity contribution is 0.199. The minimum absolute atomic E-state index is 0.116. The molecule has 0 saturated carbocycles. The predicted molar refractivity (Wildman–Crippen MR) is 68.6 cm³/mol. The van der Waals surface area contributed by atoms with E-state index in [1.807, 2.05) is 0 Å². The number of sulfone groups is 1. The molecule has 1 rings (SSSR count). The van der Waals surface area contributed by atoms with Crippen LogP contribution in [0, 0.1) is 0 Å². The molecule has 1 heterocycles. The third-order valence-corrected chi connectivity index (χ3v) is 5.39. The SMILES string of the molecule is CC(O)c1ccn(CCS(=O)(=O)C(C)(C)C)c1. The molecule has 0 radical (unpaired) electrons. The second-order valence-electron chi connectivity index (χ2n) is 5.29. The fraction of sp³-hybridized carbons (Fsp3) is 0.667. The van der Waals surface area contributed by atoms with Gasteiger partial charge in [0.1, 0.15) is 0 Å². The topological polar surface area (TPSA) is 59.3 Å². The number of aliphatic hydroxyl groups excluding tert-OH is 1. The van der Waals surface area contributed by atoms with Crippen LogP contribution in [0.4, 0.5) is 0 Å². The van der Waals surface area contributed by atoms with Gasteiger partial charge in [0.15, 0.2) is 9.84 Å². The molecule has 0 aliphatic rings. The number of hydrogen-bond acceptors (Lipinski definition) is 3. The Balaban J connectivity index is 2.68. The second-order valence-corrected chi connectivity index (χ2v) is 8.15. The fourth-order valence-corrected chi connectivity index (χ4v) is 2.44. The Bertz CT molecular complexity index is 466. The molecule has 0 saturated heterocycles. The number of hydrogen-bond donors (Lipinski definition) is 1. The normalized spacial score (nSPS) is 14.9. The quantitative estimate of drug-likeness (QED) is 0.896. The average molecular weight is 259 g/mol. The van der Waals surface area contributed by atoms with E-state index in [9.17, 15) is 13.5 Å². The zero-order valence-corrected chi connectivity index (χ0v) is 11.7. The number of aliphatic hydroxyl groups is 1. The molecule has 1 unspecified atom stereocenters. The summed E-state index contributed by atoms with van der Waals surface area (Å²) in [4.78, 5) is 0. The minimum atomic E-state index is -3.09. The van der Waals surface area contributed by atoms with Gasteiger partial charge in [-0.2, -0.15) is 0 Å². The summed E-state index contributed by atoms with van der Waals surface area (Å²) in [5, 5.41) is 9.36. The highest BCUT2D eigenvalue weighted by atomic mass is 32.2. The van der Waals surface area contributed by atoms with E-state index >= 15 is 0 Å². The van der Waals surface area contributed by atoms with E-state index in [1.54, 1.807) is 50.7 Å². The summed E-state index contributed by atoms with van der Waals surface area (Å²) < 4.78 is 24.9. The van der Waals surface area contributed by atoms with E-state index in [1.165, 1.54) is 0 Å². The van der Waals surface area contributed by atoms with Gasteiger partial charge in [0.25, 0.3) is 0 Å². The molecule has 0 fully saturated rings. The zero-order valence-electron chi connectivity index (χ0n) is 10.8. The first-order valence-corrected chi connectivity index (χ1v) is 7.35. The third-order valence-electron chi connectivity index (χ3n) is 2.81. The smallest absolute Gasteiger partial charge is 0.156 e. The predicted octanol–water partition coefficient (Wildman–Crippen LogP) is 1.75. The van der Waals surface area contributed by atoms with E-state index < -0.39 is 20.7 Å². The number of nitrogens with zero attached hydrogens (tertiary/aromatic N) is 1. The number of aryl methyl sites for hydroxylation is 1. The average Bonchev–Trinajstić information content (AvgIpc) is 2.61. The highest BCUT2D eigenvalue weighted by Crippen LogP contribution is 2.17. The van der Waals surface area contributed by atoms with Gasteiger partial charge < -0.3 is 9.67 Å². The summed E-state index contributed by atoms with van der Waals surface area (Å²) in [5.74, 6) is 0.116. The van der Waals surface area contributed by atoms with Crippen molar-refractivity contribution in [3.8, 4) is 0 Å². The van der Waals surface area contributed by atoms with Crippen LogP contribution in [0.5, 0.6) is 0 Å². The lowest BCUT2D eigenvalue weighted by Gasteiger charge is -2.19. The molecule has 5 heteroatoms. The molecule has 17 heavy (non-hydrogen) atoms. The Morgan fingerprint density at radius 1 is 1.41 bits per heavy atom. The van der Waals surface area contributed by atoms with Crippen LogP contribution in [-0.2, 0) is 16.4 Å². The first-order valence-electron chi connectivity index (χ1n) is 5.69. The summed E-state index contributed by atoms with van der Waals surface area (Å²) in [6.07, 6.45) is 3.05. The third kappa shape index (κ3) is 3.57. The van der Waals surface area contributed by atoms with Crippen molar-refractivity contribution in [3.63, 3.8) is 0 Å². The van der Waals surface area contributed by atoms with Crippen molar-refractivity contribution < 1.29 is 13.5 Å². The van der Waals surface area contributed by atoms with Crippen LogP contribution < -0.4 is 0 Å². The molecule has 0 aromatic carbocycles.